The molecule has 0 saturated carbocycles. The van der Waals surface area contributed by atoms with Crippen molar-refractivity contribution in [1.29, 1.82) is 0 Å². The van der Waals surface area contributed by atoms with Gasteiger partial charge in [-0.25, -0.2) is 0 Å². The molecular formula is C14H17Cl2N3O2. The van der Waals surface area contributed by atoms with Crippen molar-refractivity contribution in [2.75, 3.05) is 31.5 Å². The predicted octanol–water partition coefficient (Wildman–Crippen LogP) is 2.00. The van der Waals surface area contributed by atoms with E-state index in [1.165, 1.54) is 4.90 Å². The van der Waals surface area contributed by atoms with Crippen LogP contribution in [0, 0.1) is 5.92 Å². The van der Waals surface area contributed by atoms with Crippen LogP contribution in [0.25, 0.3) is 0 Å². The van der Waals surface area contributed by atoms with Gasteiger partial charge in [-0.15, -0.1) is 0 Å². The van der Waals surface area contributed by atoms with Gasteiger partial charge in [0.05, 0.1) is 28.2 Å². The van der Waals surface area contributed by atoms with Gasteiger partial charge in [-0.05, 0) is 19.1 Å². The van der Waals surface area contributed by atoms with Crippen LogP contribution in [0.4, 0.5) is 5.69 Å². The Balaban J connectivity index is 1.98. The number of rotatable bonds is 5. The normalized spacial score (nSPS) is 14.4. The van der Waals surface area contributed by atoms with Gasteiger partial charge in [0.2, 0.25) is 11.8 Å². The number of hydrogen-bond donors (Lipinski definition) is 2. The Kier molecular flexibility index (Phi) is 5.45. The largest absolute Gasteiger partial charge is 0.333 e. The van der Waals surface area contributed by atoms with E-state index in [1.54, 1.807) is 18.2 Å². The highest BCUT2D eigenvalue weighted by Gasteiger charge is 2.29. The number of likely N-dealkylation sites (N-methyl/N-ethyl adjacent to an activating group) is 1. The number of carbonyl (C=O) groups is 2. The molecule has 2 N–H and O–H groups in total. The Hall–Kier alpha value is -1.30. The quantitative estimate of drug-likeness (QED) is 0.868. The Bertz CT molecular complexity index is 527. The molecule has 21 heavy (non-hydrogen) atoms. The van der Waals surface area contributed by atoms with Gasteiger partial charge in [-0.1, -0.05) is 29.3 Å². The molecule has 1 aromatic rings. The molecule has 1 saturated heterocycles. The SMILES string of the molecule is CCN(CC(=O)Nc1c(Cl)cccc1Cl)C(=O)C1CNC1. The maximum absolute atomic E-state index is 12.1. The number of amides is 2. The van der Waals surface area contributed by atoms with Crippen LogP contribution in [0.2, 0.25) is 10.0 Å². The zero-order chi connectivity index (χ0) is 15.4. The van der Waals surface area contributed by atoms with E-state index in [4.69, 9.17) is 23.2 Å². The van der Waals surface area contributed by atoms with Crippen LogP contribution < -0.4 is 10.6 Å². The standard InChI is InChI=1S/C14H17Cl2N3O2/c1-2-19(14(21)9-6-17-7-9)8-12(20)18-13-10(15)4-3-5-11(13)16/h3-5,9,17H,2,6-8H2,1H3,(H,18,20). The smallest absolute Gasteiger partial charge is 0.244 e. The summed E-state index contributed by atoms with van der Waals surface area (Å²) in [7, 11) is 0. The fourth-order valence-corrected chi connectivity index (χ4v) is 2.53. The van der Waals surface area contributed by atoms with E-state index in [9.17, 15) is 9.59 Å². The van der Waals surface area contributed by atoms with Crippen LogP contribution in [-0.4, -0.2) is 42.9 Å². The van der Waals surface area contributed by atoms with Crippen molar-refractivity contribution in [3.05, 3.63) is 28.2 Å². The van der Waals surface area contributed by atoms with E-state index >= 15 is 0 Å². The van der Waals surface area contributed by atoms with Gasteiger partial charge >= 0.3 is 0 Å². The van der Waals surface area contributed by atoms with Crippen molar-refractivity contribution in [2.24, 2.45) is 5.92 Å². The molecule has 0 atom stereocenters. The first kappa shape index (κ1) is 16.1. The first-order valence-corrected chi connectivity index (χ1v) is 7.52. The van der Waals surface area contributed by atoms with Crippen molar-refractivity contribution in [3.8, 4) is 0 Å². The van der Waals surface area contributed by atoms with E-state index in [-0.39, 0.29) is 24.3 Å². The number of nitrogens with one attached hydrogen (secondary N) is 2. The van der Waals surface area contributed by atoms with Gasteiger partial charge in [0.15, 0.2) is 0 Å². The molecule has 5 nitrogen and oxygen atoms in total. The number of carbonyl (C=O) groups excluding carboxylic acids is 2. The van der Waals surface area contributed by atoms with Crippen LogP contribution in [0.15, 0.2) is 18.2 Å². The second kappa shape index (κ2) is 7.11. The predicted molar refractivity (Wildman–Crippen MR) is 83.7 cm³/mol. The third kappa shape index (κ3) is 3.87. The summed E-state index contributed by atoms with van der Waals surface area (Å²) in [5.74, 6) is -0.342. The summed E-state index contributed by atoms with van der Waals surface area (Å²) >= 11 is 12.0. The lowest BCUT2D eigenvalue weighted by Gasteiger charge is -2.31. The highest BCUT2D eigenvalue weighted by Crippen LogP contribution is 2.29. The molecule has 1 aliphatic rings. The minimum Gasteiger partial charge on any atom is -0.333 e. The highest BCUT2D eigenvalue weighted by atomic mass is 35.5. The zero-order valence-electron chi connectivity index (χ0n) is 11.7. The minimum atomic E-state index is -0.313. The number of anilines is 1. The molecule has 1 aromatic carbocycles. The van der Waals surface area contributed by atoms with Crippen molar-refractivity contribution < 1.29 is 9.59 Å². The number of hydrogen-bond acceptors (Lipinski definition) is 3. The Labute approximate surface area is 133 Å². The van der Waals surface area contributed by atoms with Gasteiger partial charge in [-0.3, -0.25) is 9.59 Å². The molecule has 0 unspecified atom stereocenters. The molecule has 0 aromatic heterocycles. The molecule has 0 bridgehead atoms. The lowest BCUT2D eigenvalue weighted by atomic mass is 10.0. The van der Waals surface area contributed by atoms with Crippen LogP contribution in [0.3, 0.4) is 0 Å². The van der Waals surface area contributed by atoms with Gasteiger partial charge in [-0.2, -0.15) is 0 Å². The molecule has 0 radical (unpaired) electrons. The monoisotopic (exact) mass is 329 g/mol. The molecule has 1 fully saturated rings. The highest BCUT2D eigenvalue weighted by molar-refractivity contribution is 6.39. The number of benzene rings is 1. The first-order valence-electron chi connectivity index (χ1n) is 6.76. The number of halogens is 2. The lowest BCUT2D eigenvalue weighted by molar-refractivity contribution is -0.139. The summed E-state index contributed by atoms with van der Waals surface area (Å²) in [5, 5.41) is 6.44. The van der Waals surface area contributed by atoms with Gasteiger partial charge in [0.25, 0.3) is 0 Å². The molecule has 2 rings (SSSR count). The number of nitrogens with zero attached hydrogens (tertiary/aromatic N) is 1. The summed E-state index contributed by atoms with van der Waals surface area (Å²) in [5.41, 5.74) is 0.375. The second-order valence-electron chi connectivity index (χ2n) is 4.85. The fourth-order valence-electron chi connectivity index (χ4n) is 2.04. The average Bonchev–Trinajstić information content (AvgIpc) is 2.38. The third-order valence-corrected chi connectivity index (χ3v) is 4.02. The molecule has 1 heterocycles. The summed E-state index contributed by atoms with van der Waals surface area (Å²) in [4.78, 5) is 25.7. The second-order valence-corrected chi connectivity index (χ2v) is 5.67. The van der Waals surface area contributed by atoms with Crippen LogP contribution in [-0.2, 0) is 9.59 Å². The van der Waals surface area contributed by atoms with Crippen molar-refractivity contribution in [3.63, 3.8) is 0 Å². The van der Waals surface area contributed by atoms with Crippen molar-refractivity contribution in [2.45, 2.75) is 6.92 Å². The third-order valence-electron chi connectivity index (χ3n) is 3.39. The summed E-state index contributed by atoms with van der Waals surface area (Å²) in [6, 6.07) is 4.99. The van der Waals surface area contributed by atoms with Gasteiger partial charge in [0, 0.05) is 19.6 Å². The molecule has 1 aliphatic heterocycles. The summed E-state index contributed by atoms with van der Waals surface area (Å²) in [6.07, 6.45) is 0. The Morgan fingerprint density at radius 3 is 2.43 bits per heavy atom. The van der Waals surface area contributed by atoms with E-state index < -0.39 is 0 Å². The molecule has 7 heteroatoms. The Morgan fingerprint density at radius 1 is 1.33 bits per heavy atom. The molecule has 0 aliphatic carbocycles. The van der Waals surface area contributed by atoms with E-state index in [0.717, 1.165) is 0 Å². The van der Waals surface area contributed by atoms with Crippen LogP contribution in [0.1, 0.15) is 6.92 Å². The molecule has 2 amide bonds. The maximum atomic E-state index is 12.1. The summed E-state index contributed by atoms with van der Waals surface area (Å²) in [6.45, 7) is 3.67. The molecular weight excluding hydrogens is 313 g/mol. The molecule has 0 spiro atoms. The number of para-hydroxylation sites is 1. The van der Waals surface area contributed by atoms with E-state index in [2.05, 4.69) is 10.6 Å². The van der Waals surface area contributed by atoms with Gasteiger partial charge in [0.1, 0.15) is 0 Å². The van der Waals surface area contributed by atoms with Crippen LogP contribution in [0.5, 0.6) is 0 Å². The lowest BCUT2D eigenvalue weighted by Crippen LogP contribution is -2.53. The topological polar surface area (TPSA) is 61.4 Å². The minimum absolute atomic E-state index is 0.00310. The zero-order valence-corrected chi connectivity index (χ0v) is 13.2. The maximum Gasteiger partial charge on any atom is 0.244 e. The Morgan fingerprint density at radius 2 is 1.95 bits per heavy atom. The summed E-state index contributed by atoms with van der Waals surface area (Å²) < 4.78 is 0. The van der Waals surface area contributed by atoms with E-state index in [0.29, 0.717) is 35.4 Å². The first-order chi connectivity index (χ1) is 10.0. The average molecular weight is 330 g/mol. The van der Waals surface area contributed by atoms with Crippen LogP contribution >= 0.6 is 23.2 Å². The van der Waals surface area contributed by atoms with E-state index in [1.807, 2.05) is 6.92 Å². The fraction of sp³-hybridized carbons (Fsp3) is 0.429. The van der Waals surface area contributed by atoms with Crippen molar-refractivity contribution in [1.82, 2.24) is 10.2 Å². The van der Waals surface area contributed by atoms with Crippen molar-refractivity contribution >= 4 is 40.7 Å². The molecule has 114 valence electrons. The van der Waals surface area contributed by atoms with Gasteiger partial charge < -0.3 is 15.5 Å².